The molecule has 2 aliphatic heterocycles. The monoisotopic (exact) mass is 465 g/mol. The molecule has 11 heteroatoms. The molecule has 2 aromatic heterocycles. The smallest absolute Gasteiger partial charge is 0.414 e. The molecule has 1 unspecified atom stereocenters. The van der Waals surface area contributed by atoms with Gasteiger partial charge in [-0.3, -0.25) is 24.3 Å². The minimum absolute atomic E-state index is 0.104. The van der Waals surface area contributed by atoms with Crippen LogP contribution in [0, 0.1) is 5.82 Å². The van der Waals surface area contributed by atoms with Crippen LogP contribution in [0.25, 0.3) is 11.3 Å². The molecule has 34 heavy (non-hydrogen) atoms. The van der Waals surface area contributed by atoms with Crippen LogP contribution in [0.4, 0.5) is 20.6 Å². The summed E-state index contributed by atoms with van der Waals surface area (Å²) < 4.78 is 22.2. The largest absolute Gasteiger partial charge is 0.442 e. The van der Waals surface area contributed by atoms with E-state index in [0.29, 0.717) is 24.5 Å². The first-order chi connectivity index (χ1) is 16.5. The molecule has 2 amide bonds. The molecule has 3 aromatic rings. The van der Waals surface area contributed by atoms with Gasteiger partial charge in [-0.2, -0.15) is 5.10 Å². The molecule has 1 aromatic carbocycles. The summed E-state index contributed by atoms with van der Waals surface area (Å²) in [6.07, 6.45) is 8.45. The molecular weight excluding hydrogens is 441 g/mol. The normalized spacial score (nSPS) is 20.0. The Morgan fingerprint density at radius 2 is 2.15 bits per heavy atom. The number of amides is 2. The van der Waals surface area contributed by atoms with Crippen molar-refractivity contribution in [1.29, 1.82) is 0 Å². The fourth-order valence-electron chi connectivity index (χ4n) is 4.31. The van der Waals surface area contributed by atoms with Crippen LogP contribution in [0.1, 0.15) is 19.4 Å². The third-order valence-electron chi connectivity index (χ3n) is 6.03. The van der Waals surface area contributed by atoms with Gasteiger partial charge in [0.2, 0.25) is 5.91 Å². The predicted molar refractivity (Wildman–Crippen MR) is 122 cm³/mol. The first kappa shape index (κ1) is 21.8. The summed E-state index contributed by atoms with van der Waals surface area (Å²) in [5.74, 6) is -0.606. The number of carbonyl (C=O) groups is 2. The summed E-state index contributed by atoms with van der Waals surface area (Å²) in [5.41, 5.74) is 2.55. The molecule has 0 spiro atoms. The minimum Gasteiger partial charge on any atom is -0.442 e. The second-order valence-corrected chi connectivity index (χ2v) is 8.38. The van der Waals surface area contributed by atoms with E-state index in [0.717, 1.165) is 17.7 Å². The summed E-state index contributed by atoms with van der Waals surface area (Å²) in [6, 6.07) is 4.86. The molecule has 2 saturated heterocycles. The maximum absolute atomic E-state index is 15.1. The number of anilines is 2. The van der Waals surface area contributed by atoms with Gasteiger partial charge in [-0.15, -0.1) is 0 Å². The van der Waals surface area contributed by atoms with Gasteiger partial charge < -0.3 is 15.0 Å². The maximum atomic E-state index is 15.1. The first-order valence-electron chi connectivity index (χ1n) is 11.1. The van der Waals surface area contributed by atoms with E-state index in [1.165, 1.54) is 17.9 Å². The van der Waals surface area contributed by atoms with Gasteiger partial charge in [0.05, 0.1) is 48.6 Å². The molecule has 0 radical (unpaired) electrons. The summed E-state index contributed by atoms with van der Waals surface area (Å²) in [7, 11) is 0. The zero-order valence-electron chi connectivity index (χ0n) is 18.6. The van der Waals surface area contributed by atoms with Crippen LogP contribution >= 0.6 is 0 Å². The van der Waals surface area contributed by atoms with Crippen LogP contribution in [-0.4, -0.2) is 64.0 Å². The van der Waals surface area contributed by atoms with Gasteiger partial charge in [-0.25, -0.2) is 9.18 Å². The molecule has 5 rings (SSSR count). The lowest BCUT2D eigenvalue weighted by Gasteiger charge is -2.21. The standard InChI is InChI=1S/C23H24FN7O3/c1-15(32)27-10-19-14-30(23(33)34-19)17-2-3-22(20(24)8-17)29-7-4-18(13-29)31-12-16(9-28-31)21-11-25-5-6-26-21/h2-3,5-6,8-9,11-12,18-19H,4,7,10,13-14H2,1H3,(H,27,32)/t18?,19-/m0/s1. The van der Waals surface area contributed by atoms with Crippen molar-refractivity contribution < 1.29 is 18.7 Å². The fraction of sp³-hybridized carbons (Fsp3) is 0.348. The quantitative estimate of drug-likeness (QED) is 0.596. The van der Waals surface area contributed by atoms with Crippen LogP contribution in [0.2, 0.25) is 0 Å². The number of cyclic esters (lactones) is 1. The highest BCUT2D eigenvalue weighted by molar-refractivity contribution is 5.90. The highest BCUT2D eigenvalue weighted by Gasteiger charge is 2.33. The van der Waals surface area contributed by atoms with Gasteiger partial charge in [0.25, 0.3) is 0 Å². The van der Waals surface area contributed by atoms with Gasteiger partial charge in [0.15, 0.2) is 0 Å². The molecule has 2 atom stereocenters. The molecule has 0 aliphatic carbocycles. The van der Waals surface area contributed by atoms with E-state index in [1.807, 2.05) is 15.8 Å². The Bertz CT molecular complexity index is 1200. The zero-order chi connectivity index (χ0) is 23.7. The molecule has 10 nitrogen and oxygen atoms in total. The Labute approximate surface area is 195 Å². The molecule has 0 bridgehead atoms. The van der Waals surface area contributed by atoms with Gasteiger partial charge in [-0.05, 0) is 24.6 Å². The summed E-state index contributed by atoms with van der Waals surface area (Å²) in [5, 5.41) is 7.11. The average Bonchev–Trinajstić information content (AvgIpc) is 3.58. The van der Waals surface area contributed by atoms with Crippen molar-refractivity contribution in [2.45, 2.75) is 25.5 Å². The lowest BCUT2D eigenvalue weighted by atomic mass is 10.2. The Balaban J connectivity index is 1.25. The average molecular weight is 465 g/mol. The van der Waals surface area contributed by atoms with Crippen molar-refractivity contribution in [3.05, 3.63) is 55.0 Å². The highest BCUT2D eigenvalue weighted by Crippen LogP contribution is 2.32. The fourth-order valence-corrected chi connectivity index (χ4v) is 4.31. The van der Waals surface area contributed by atoms with E-state index in [2.05, 4.69) is 20.4 Å². The van der Waals surface area contributed by atoms with Gasteiger partial charge >= 0.3 is 6.09 Å². The SMILES string of the molecule is CC(=O)NC[C@H]1CN(c2ccc(N3CCC(n4cc(-c5cnccn5)cn4)C3)c(F)c2)C(=O)O1. The van der Waals surface area contributed by atoms with Crippen molar-refractivity contribution in [2.24, 2.45) is 0 Å². The second-order valence-electron chi connectivity index (χ2n) is 8.38. The van der Waals surface area contributed by atoms with Crippen LogP contribution in [-0.2, 0) is 9.53 Å². The number of ether oxygens (including phenoxy) is 1. The molecule has 2 aliphatic rings. The zero-order valence-corrected chi connectivity index (χ0v) is 18.6. The van der Waals surface area contributed by atoms with Crippen LogP contribution in [0.5, 0.6) is 0 Å². The van der Waals surface area contributed by atoms with Crippen molar-refractivity contribution in [1.82, 2.24) is 25.1 Å². The molecule has 0 saturated carbocycles. The number of nitrogens with zero attached hydrogens (tertiary/aromatic N) is 6. The van der Waals surface area contributed by atoms with E-state index < -0.39 is 18.0 Å². The molecule has 176 valence electrons. The van der Waals surface area contributed by atoms with E-state index >= 15 is 4.39 Å². The summed E-state index contributed by atoms with van der Waals surface area (Å²) in [6.45, 7) is 3.17. The van der Waals surface area contributed by atoms with Crippen molar-refractivity contribution in [3.8, 4) is 11.3 Å². The Morgan fingerprint density at radius 3 is 2.91 bits per heavy atom. The van der Waals surface area contributed by atoms with Crippen molar-refractivity contribution in [2.75, 3.05) is 36.0 Å². The van der Waals surface area contributed by atoms with Gasteiger partial charge in [-0.1, -0.05) is 0 Å². The van der Waals surface area contributed by atoms with E-state index in [-0.39, 0.29) is 25.0 Å². The molecule has 2 fully saturated rings. The second kappa shape index (κ2) is 9.08. The number of aromatic nitrogens is 4. The summed E-state index contributed by atoms with van der Waals surface area (Å²) in [4.78, 5) is 35.1. The van der Waals surface area contributed by atoms with Crippen molar-refractivity contribution >= 4 is 23.4 Å². The topological polar surface area (TPSA) is 105 Å². The lowest BCUT2D eigenvalue weighted by Crippen LogP contribution is -2.33. The van der Waals surface area contributed by atoms with E-state index in [4.69, 9.17) is 4.74 Å². The minimum atomic E-state index is -0.554. The molecule has 1 N–H and O–H groups in total. The predicted octanol–water partition coefficient (Wildman–Crippen LogP) is 2.39. The van der Waals surface area contributed by atoms with Crippen LogP contribution in [0.15, 0.2) is 49.2 Å². The number of carbonyl (C=O) groups excluding carboxylic acids is 2. The van der Waals surface area contributed by atoms with Gasteiger partial charge in [0.1, 0.15) is 11.9 Å². The lowest BCUT2D eigenvalue weighted by molar-refractivity contribution is -0.119. The van der Waals surface area contributed by atoms with E-state index in [1.54, 1.807) is 36.9 Å². The molecular formula is C23H24FN7O3. The first-order valence-corrected chi connectivity index (χ1v) is 11.1. The van der Waals surface area contributed by atoms with Crippen LogP contribution < -0.4 is 15.1 Å². The van der Waals surface area contributed by atoms with Gasteiger partial charge in [0, 0.05) is 44.2 Å². The third-order valence-corrected chi connectivity index (χ3v) is 6.03. The van der Waals surface area contributed by atoms with Crippen molar-refractivity contribution in [3.63, 3.8) is 0 Å². The Kier molecular flexibility index (Phi) is 5.83. The highest BCUT2D eigenvalue weighted by atomic mass is 19.1. The Morgan fingerprint density at radius 1 is 1.26 bits per heavy atom. The number of rotatable bonds is 6. The summed E-state index contributed by atoms with van der Waals surface area (Å²) >= 11 is 0. The number of halogens is 1. The number of hydrogen-bond acceptors (Lipinski definition) is 7. The van der Waals surface area contributed by atoms with E-state index in [9.17, 15) is 9.59 Å². The number of benzene rings is 1. The maximum Gasteiger partial charge on any atom is 0.414 e. The third kappa shape index (κ3) is 4.41. The number of nitrogens with one attached hydrogen (secondary N) is 1. The Hall–Kier alpha value is -4.02. The number of hydrogen-bond donors (Lipinski definition) is 1. The van der Waals surface area contributed by atoms with Crippen LogP contribution in [0.3, 0.4) is 0 Å². The molecule has 4 heterocycles.